The fourth-order valence-corrected chi connectivity index (χ4v) is 2.64. The summed E-state index contributed by atoms with van der Waals surface area (Å²) in [5.41, 5.74) is 2.34. The zero-order valence-corrected chi connectivity index (χ0v) is 11.7. The van der Waals surface area contributed by atoms with Gasteiger partial charge in [-0.3, -0.25) is 0 Å². The van der Waals surface area contributed by atoms with Gasteiger partial charge in [0.15, 0.2) is 5.76 Å². The molecule has 104 valence electrons. The Morgan fingerprint density at radius 2 is 2.35 bits per heavy atom. The molecule has 4 nitrogen and oxygen atoms in total. The van der Waals surface area contributed by atoms with E-state index in [1.54, 1.807) is 17.9 Å². The maximum Gasteiger partial charge on any atom is 0.151 e. The van der Waals surface area contributed by atoms with Gasteiger partial charge in [-0.15, -0.1) is 0 Å². The lowest BCUT2D eigenvalue weighted by molar-refractivity contribution is 0.233. The quantitative estimate of drug-likeness (QED) is 0.778. The van der Waals surface area contributed by atoms with E-state index in [1.165, 1.54) is 11.8 Å². The molecule has 0 aromatic heterocycles. The molecule has 0 bridgehead atoms. The normalized spacial score (nSPS) is 25.2. The topological polar surface area (TPSA) is 42.5 Å². The van der Waals surface area contributed by atoms with Crippen LogP contribution in [0.15, 0.2) is 60.2 Å². The van der Waals surface area contributed by atoms with Crippen LogP contribution in [-0.2, 0) is 9.47 Å². The highest BCUT2D eigenvalue weighted by atomic mass is 32.1. The first-order chi connectivity index (χ1) is 9.88. The van der Waals surface area contributed by atoms with Crippen molar-refractivity contribution in [3.63, 3.8) is 0 Å². The molecule has 20 heavy (non-hydrogen) atoms. The first-order valence-electron chi connectivity index (χ1n) is 6.59. The van der Waals surface area contributed by atoms with E-state index in [0.717, 1.165) is 24.3 Å². The molecule has 0 fully saturated rings. The zero-order valence-electron chi connectivity index (χ0n) is 10.9. The maximum absolute atomic E-state index is 5.62. The minimum Gasteiger partial charge on any atom is -0.466 e. The van der Waals surface area contributed by atoms with Gasteiger partial charge in [-0.2, -0.15) is 0 Å². The predicted octanol–water partition coefficient (Wildman–Crippen LogP) is 2.60. The number of rotatable bonds is 4. The van der Waals surface area contributed by atoms with Gasteiger partial charge in [-0.1, -0.05) is 36.0 Å². The fourth-order valence-electron chi connectivity index (χ4n) is 2.49. The Hall–Kier alpha value is -2.01. The van der Waals surface area contributed by atoms with E-state index in [1.807, 2.05) is 6.20 Å². The third kappa shape index (κ3) is 2.63. The molecule has 0 radical (unpaired) electrons. The summed E-state index contributed by atoms with van der Waals surface area (Å²) in [5.74, 6) is 0.803. The van der Waals surface area contributed by atoms with Gasteiger partial charge in [-0.05, 0) is 12.8 Å². The SMILES string of the molecule is S=CC1NC=C(C(C2=CC=CCC2)C2=COC=CO2)N1. The molecule has 2 aliphatic heterocycles. The Labute approximate surface area is 123 Å². The van der Waals surface area contributed by atoms with Crippen molar-refractivity contribution in [1.82, 2.24) is 10.6 Å². The van der Waals surface area contributed by atoms with E-state index in [4.69, 9.17) is 21.7 Å². The average molecular weight is 288 g/mol. The lowest BCUT2D eigenvalue weighted by Crippen LogP contribution is -2.34. The standard InChI is InChI=1S/C15H16N2O2S/c20-10-14-16-8-12(17-14)15(11-4-2-1-3-5-11)13-9-18-6-7-19-13/h1-2,4,6-10,14-17H,3,5H2. The number of ether oxygens (including phenoxy) is 2. The third-order valence-corrected chi connectivity index (χ3v) is 3.68. The molecule has 2 atom stereocenters. The average Bonchev–Trinajstić information content (AvgIpc) is 2.98. The monoisotopic (exact) mass is 288 g/mol. The van der Waals surface area contributed by atoms with Crippen LogP contribution in [0, 0.1) is 5.92 Å². The first-order valence-corrected chi connectivity index (χ1v) is 7.06. The molecule has 5 heteroatoms. The van der Waals surface area contributed by atoms with Gasteiger partial charge in [0.2, 0.25) is 0 Å². The van der Waals surface area contributed by atoms with Crippen molar-refractivity contribution in [2.45, 2.75) is 19.0 Å². The first kappa shape index (κ1) is 13.0. The second-order valence-electron chi connectivity index (χ2n) is 4.71. The molecule has 2 N–H and O–H groups in total. The molecule has 3 aliphatic rings. The lowest BCUT2D eigenvalue weighted by atomic mass is 9.88. The van der Waals surface area contributed by atoms with Crippen LogP contribution in [0.5, 0.6) is 0 Å². The highest BCUT2D eigenvalue weighted by Crippen LogP contribution is 2.34. The number of hydrogen-bond acceptors (Lipinski definition) is 5. The summed E-state index contributed by atoms with van der Waals surface area (Å²) < 4.78 is 10.9. The molecule has 0 spiro atoms. The summed E-state index contributed by atoms with van der Waals surface area (Å²) in [6, 6.07) is 0. The van der Waals surface area contributed by atoms with Crippen LogP contribution in [0.2, 0.25) is 0 Å². The summed E-state index contributed by atoms with van der Waals surface area (Å²) >= 11 is 4.97. The summed E-state index contributed by atoms with van der Waals surface area (Å²) in [5, 5.41) is 8.22. The van der Waals surface area contributed by atoms with Gasteiger partial charge in [0.1, 0.15) is 25.0 Å². The maximum atomic E-state index is 5.62. The van der Waals surface area contributed by atoms with Crippen molar-refractivity contribution >= 4 is 17.6 Å². The highest BCUT2D eigenvalue weighted by molar-refractivity contribution is 7.79. The van der Waals surface area contributed by atoms with Crippen molar-refractivity contribution in [2.75, 3.05) is 0 Å². The van der Waals surface area contributed by atoms with Crippen molar-refractivity contribution in [3.05, 3.63) is 60.2 Å². The molecule has 2 unspecified atom stereocenters. The molecule has 0 aromatic carbocycles. The molecule has 0 saturated heterocycles. The molecule has 0 amide bonds. The Bertz CT molecular complexity index is 546. The molecule has 0 aromatic rings. The van der Waals surface area contributed by atoms with E-state index >= 15 is 0 Å². The van der Waals surface area contributed by atoms with Crippen molar-refractivity contribution < 1.29 is 9.47 Å². The summed E-state index contributed by atoms with van der Waals surface area (Å²) in [6.07, 6.45) is 15.1. The van der Waals surface area contributed by atoms with Crippen LogP contribution < -0.4 is 10.6 Å². The van der Waals surface area contributed by atoms with Gasteiger partial charge in [0.25, 0.3) is 0 Å². The van der Waals surface area contributed by atoms with Gasteiger partial charge in [0.05, 0.1) is 5.92 Å². The van der Waals surface area contributed by atoms with Crippen LogP contribution in [0.25, 0.3) is 0 Å². The van der Waals surface area contributed by atoms with Crippen molar-refractivity contribution in [2.24, 2.45) is 5.92 Å². The fraction of sp³-hybridized carbons (Fsp3) is 0.267. The Balaban J connectivity index is 1.87. The van der Waals surface area contributed by atoms with Gasteiger partial charge >= 0.3 is 0 Å². The zero-order chi connectivity index (χ0) is 13.8. The smallest absolute Gasteiger partial charge is 0.151 e. The minimum absolute atomic E-state index is 0.0112. The summed E-state index contributed by atoms with van der Waals surface area (Å²) in [4.78, 5) is 0. The van der Waals surface area contributed by atoms with E-state index < -0.39 is 0 Å². The summed E-state index contributed by atoms with van der Waals surface area (Å²) in [7, 11) is 0. The lowest BCUT2D eigenvalue weighted by Gasteiger charge is -2.25. The van der Waals surface area contributed by atoms with E-state index in [-0.39, 0.29) is 12.1 Å². The van der Waals surface area contributed by atoms with Crippen LogP contribution >= 0.6 is 12.2 Å². The van der Waals surface area contributed by atoms with E-state index in [2.05, 4.69) is 28.9 Å². The van der Waals surface area contributed by atoms with Crippen molar-refractivity contribution in [1.29, 1.82) is 0 Å². The Morgan fingerprint density at radius 3 is 3.00 bits per heavy atom. The Morgan fingerprint density at radius 1 is 1.40 bits per heavy atom. The van der Waals surface area contributed by atoms with Gasteiger partial charge < -0.3 is 20.1 Å². The van der Waals surface area contributed by atoms with Crippen molar-refractivity contribution in [3.8, 4) is 0 Å². The minimum atomic E-state index is -0.0112. The predicted molar refractivity (Wildman–Crippen MR) is 81.1 cm³/mol. The third-order valence-electron chi connectivity index (χ3n) is 3.41. The van der Waals surface area contributed by atoms with Crippen LogP contribution in [0.1, 0.15) is 12.8 Å². The highest BCUT2D eigenvalue weighted by Gasteiger charge is 2.29. The number of hydrogen-bond donors (Lipinski definition) is 2. The molecular formula is C15H16N2O2S. The second kappa shape index (κ2) is 5.96. The number of thiocarbonyl (C=S) groups is 1. The largest absolute Gasteiger partial charge is 0.466 e. The van der Waals surface area contributed by atoms with Crippen LogP contribution in [-0.4, -0.2) is 11.5 Å². The summed E-state index contributed by atoms with van der Waals surface area (Å²) in [6.45, 7) is 0. The number of allylic oxidation sites excluding steroid dienone is 3. The van der Waals surface area contributed by atoms with E-state index in [0.29, 0.717) is 0 Å². The molecule has 3 rings (SSSR count). The molecule has 0 saturated carbocycles. The van der Waals surface area contributed by atoms with E-state index in [9.17, 15) is 0 Å². The Kier molecular flexibility index (Phi) is 3.87. The second-order valence-corrected chi connectivity index (χ2v) is 4.98. The molecular weight excluding hydrogens is 272 g/mol. The van der Waals surface area contributed by atoms with Gasteiger partial charge in [-0.25, -0.2) is 0 Å². The molecule has 1 aliphatic carbocycles. The molecule has 2 heterocycles. The number of nitrogens with one attached hydrogen (secondary N) is 2. The van der Waals surface area contributed by atoms with Crippen LogP contribution in [0.3, 0.4) is 0 Å². The van der Waals surface area contributed by atoms with Crippen LogP contribution in [0.4, 0.5) is 0 Å². The van der Waals surface area contributed by atoms with Gasteiger partial charge in [0, 0.05) is 17.3 Å².